The molecule has 1 heterocycles. The van der Waals surface area contributed by atoms with Crippen molar-refractivity contribution in [3.8, 4) is 5.75 Å². The number of aryl methyl sites for hydroxylation is 1. The highest BCUT2D eigenvalue weighted by Crippen LogP contribution is 2.24. The first-order valence-electron chi connectivity index (χ1n) is 14.0. The molecule has 8 heteroatoms. The van der Waals surface area contributed by atoms with Crippen LogP contribution in [0.3, 0.4) is 0 Å². The largest absolute Gasteiger partial charge is 0.517 e. The van der Waals surface area contributed by atoms with Crippen LogP contribution in [0.4, 0.5) is 9.59 Å². The lowest BCUT2D eigenvalue weighted by Gasteiger charge is -2.21. The Balaban J connectivity index is 1.27. The third-order valence-electron chi connectivity index (χ3n) is 6.98. The summed E-state index contributed by atoms with van der Waals surface area (Å²) in [5, 5.41) is 3.25. The summed E-state index contributed by atoms with van der Waals surface area (Å²) in [5.41, 5.74) is 5.98. The molecular formula is C35H33N3O5. The molecule has 1 saturated heterocycles. The van der Waals surface area contributed by atoms with Crippen molar-refractivity contribution in [2.75, 3.05) is 7.05 Å². The van der Waals surface area contributed by atoms with Crippen molar-refractivity contribution in [2.45, 2.75) is 32.6 Å². The molecule has 1 aliphatic rings. The van der Waals surface area contributed by atoms with E-state index < -0.39 is 12.2 Å². The Kier molecular flexibility index (Phi) is 9.49. The molecule has 8 nitrogen and oxygen atoms in total. The highest BCUT2D eigenvalue weighted by molar-refractivity contribution is 5.96. The van der Waals surface area contributed by atoms with E-state index in [2.05, 4.69) is 10.3 Å². The highest BCUT2D eigenvalue weighted by atomic mass is 16.7. The number of carbonyl (C=O) groups is 2. The van der Waals surface area contributed by atoms with Crippen LogP contribution >= 0.6 is 0 Å². The van der Waals surface area contributed by atoms with E-state index in [0.29, 0.717) is 13.0 Å². The van der Waals surface area contributed by atoms with E-state index in [1.54, 1.807) is 12.1 Å². The fourth-order valence-corrected chi connectivity index (χ4v) is 4.60. The lowest BCUT2D eigenvalue weighted by atomic mass is 10.0. The number of benzene rings is 4. The number of ether oxygens (including phenoxy) is 3. The maximum atomic E-state index is 12.5. The molecule has 4 aromatic rings. The Morgan fingerprint density at radius 3 is 2.09 bits per heavy atom. The molecule has 4 aromatic carbocycles. The molecule has 1 N–H and O–H groups in total. The van der Waals surface area contributed by atoms with Gasteiger partial charge in [0.25, 0.3) is 0 Å². The number of guanidine groups is 1. The van der Waals surface area contributed by atoms with E-state index in [9.17, 15) is 9.59 Å². The van der Waals surface area contributed by atoms with Crippen LogP contribution < -0.4 is 10.1 Å². The van der Waals surface area contributed by atoms with E-state index >= 15 is 0 Å². The van der Waals surface area contributed by atoms with Crippen LogP contribution in [0.5, 0.6) is 5.75 Å². The second kappa shape index (κ2) is 14.0. The average Bonchev–Trinajstić information content (AvgIpc) is 3.30. The molecule has 0 saturated carbocycles. The standard InChI is InChI=1S/C35H33N3O5/c1-25-13-15-26(16-14-25)21-31-32(22-27-17-19-30(20-18-27)41-23-28-9-5-3-6-10-28)38(2)33(36-31)37-34(39)43-35(40)42-24-29-11-7-4-8-12-29/h3-21,32H,22-24H2,1-2H3,(H,36,37,39). The fourth-order valence-electron chi connectivity index (χ4n) is 4.60. The van der Waals surface area contributed by atoms with E-state index in [-0.39, 0.29) is 18.6 Å². The number of likely N-dealkylation sites (N-methyl/N-ethyl adjacent to an activating group) is 1. The van der Waals surface area contributed by atoms with Gasteiger partial charge in [0, 0.05) is 12.7 Å². The van der Waals surface area contributed by atoms with E-state index in [1.165, 1.54) is 0 Å². The molecule has 0 aromatic heterocycles. The number of nitrogens with zero attached hydrogens (tertiary/aromatic N) is 2. The minimum absolute atomic E-state index is 0.0106. The minimum atomic E-state index is -1.11. The predicted molar refractivity (Wildman–Crippen MR) is 165 cm³/mol. The summed E-state index contributed by atoms with van der Waals surface area (Å²) in [6.45, 7) is 2.52. The van der Waals surface area contributed by atoms with Crippen LogP contribution in [0.2, 0.25) is 0 Å². The normalized spacial score (nSPS) is 16.1. The predicted octanol–water partition coefficient (Wildman–Crippen LogP) is 6.89. The van der Waals surface area contributed by atoms with E-state index in [0.717, 1.165) is 39.3 Å². The molecule has 43 heavy (non-hydrogen) atoms. The van der Waals surface area contributed by atoms with Gasteiger partial charge in [-0.1, -0.05) is 103 Å². The smallest absolute Gasteiger partial charge is 0.489 e. The minimum Gasteiger partial charge on any atom is -0.489 e. The Bertz CT molecular complexity index is 1580. The summed E-state index contributed by atoms with van der Waals surface area (Å²) in [5.74, 6) is 1.05. The molecule has 218 valence electrons. The lowest BCUT2D eigenvalue weighted by molar-refractivity contribution is 0.0728. The first-order valence-corrected chi connectivity index (χ1v) is 14.0. The summed E-state index contributed by atoms with van der Waals surface area (Å²) < 4.78 is 15.8. The van der Waals surface area contributed by atoms with Gasteiger partial charge in [0.1, 0.15) is 19.0 Å². The molecule has 1 atom stereocenters. The number of amides is 1. The van der Waals surface area contributed by atoms with Gasteiger partial charge in [-0.15, -0.1) is 4.99 Å². The first-order chi connectivity index (χ1) is 20.9. The molecule has 1 amide bonds. The van der Waals surface area contributed by atoms with Gasteiger partial charge < -0.3 is 24.4 Å². The van der Waals surface area contributed by atoms with Gasteiger partial charge in [0.2, 0.25) is 5.96 Å². The van der Waals surface area contributed by atoms with Crippen molar-refractivity contribution in [1.82, 2.24) is 10.2 Å². The molecule has 1 fully saturated rings. The van der Waals surface area contributed by atoms with Crippen LogP contribution in [-0.2, 0) is 29.1 Å². The van der Waals surface area contributed by atoms with Gasteiger partial charge in [-0.3, -0.25) is 0 Å². The summed E-state index contributed by atoms with van der Waals surface area (Å²) in [6.07, 6.45) is 0.482. The molecule has 0 radical (unpaired) electrons. The Morgan fingerprint density at radius 2 is 1.44 bits per heavy atom. The van der Waals surface area contributed by atoms with Gasteiger partial charge >= 0.3 is 12.2 Å². The zero-order valence-electron chi connectivity index (χ0n) is 24.1. The summed E-state index contributed by atoms with van der Waals surface area (Å²) >= 11 is 0. The molecule has 0 aliphatic carbocycles. The van der Waals surface area contributed by atoms with E-state index in [4.69, 9.17) is 14.2 Å². The molecule has 5 rings (SSSR count). The average molecular weight is 576 g/mol. The summed E-state index contributed by atoms with van der Waals surface area (Å²) in [4.78, 5) is 30.5. The summed E-state index contributed by atoms with van der Waals surface area (Å²) in [7, 11) is 1.84. The van der Waals surface area contributed by atoms with Crippen LogP contribution in [-0.4, -0.2) is 36.2 Å². The molecular weight excluding hydrogens is 542 g/mol. The van der Waals surface area contributed by atoms with Crippen LogP contribution in [0.15, 0.2) is 120 Å². The van der Waals surface area contributed by atoms with Gasteiger partial charge in [-0.25, -0.2) is 9.59 Å². The van der Waals surface area contributed by atoms with Crippen LogP contribution in [0.1, 0.15) is 27.8 Å². The van der Waals surface area contributed by atoms with Crippen molar-refractivity contribution in [1.29, 1.82) is 0 Å². The molecule has 0 spiro atoms. The Hall–Kier alpha value is -5.37. The number of carbonyl (C=O) groups excluding carboxylic acids is 2. The first kappa shape index (κ1) is 29.1. The van der Waals surface area contributed by atoms with Crippen LogP contribution in [0.25, 0.3) is 6.08 Å². The molecule has 1 unspecified atom stereocenters. The van der Waals surface area contributed by atoms with Gasteiger partial charge in [0.05, 0.1) is 6.04 Å². The SMILES string of the molecule is Cc1ccc(C=C2N/C(=N/C(=O)OC(=O)OCc3ccccc3)N(C)C2Cc2ccc(OCc3ccccc3)cc2)cc1. The van der Waals surface area contributed by atoms with Crippen molar-refractivity contribution in [3.63, 3.8) is 0 Å². The second-order valence-electron chi connectivity index (χ2n) is 10.2. The van der Waals surface area contributed by atoms with Gasteiger partial charge in [-0.2, -0.15) is 0 Å². The zero-order valence-corrected chi connectivity index (χ0v) is 24.1. The monoisotopic (exact) mass is 575 g/mol. The maximum Gasteiger partial charge on any atom is 0.517 e. The maximum absolute atomic E-state index is 12.5. The highest BCUT2D eigenvalue weighted by Gasteiger charge is 2.32. The fraction of sp³-hybridized carbons (Fsp3) is 0.171. The van der Waals surface area contributed by atoms with Crippen LogP contribution in [0, 0.1) is 6.92 Å². The van der Waals surface area contributed by atoms with Crippen molar-refractivity contribution >= 4 is 24.3 Å². The quantitative estimate of drug-likeness (QED) is 0.181. The molecule has 0 bridgehead atoms. The Morgan fingerprint density at radius 1 is 0.814 bits per heavy atom. The van der Waals surface area contributed by atoms with Crippen molar-refractivity contribution in [3.05, 3.63) is 143 Å². The third kappa shape index (κ3) is 8.33. The van der Waals surface area contributed by atoms with Crippen molar-refractivity contribution < 1.29 is 23.8 Å². The third-order valence-corrected chi connectivity index (χ3v) is 6.98. The second-order valence-corrected chi connectivity index (χ2v) is 10.2. The number of rotatable bonds is 8. The Labute approximate surface area is 251 Å². The number of aliphatic imine (C=N–C) groups is 1. The summed E-state index contributed by atoms with van der Waals surface area (Å²) in [6, 6.07) is 35.1. The van der Waals surface area contributed by atoms with Gasteiger partial charge in [0.15, 0.2) is 0 Å². The lowest BCUT2D eigenvalue weighted by Crippen LogP contribution is -2.33. The zero-order chi connectivity index (χ0) is 30.0. The topological polar surface area (TPSA) is 89.5 Å². The molecule has 1 aliphatic heterocycles. The van der Waals surface area contributed by atoms with Crippen molar-refractivity contribution in [2.24, 2.45) is 4.99 Å². The number of hydrogen-bond acceptors (Lipinski definition) is 5. The number of nitrogens with one attached hydrogen (secondary N) is 1. The van der Waals surface area contributed by atoms with E-state index in [1.807, 2.05) is 122 Å². The van der Waals surface area contributed by atoms with Gasteiger partial charge in [-0.05, 0) is 53.8 Å². The number of hydrogen-bond donors (Lipinski definition) is 1.